The molecule has 0 bridgehead atoms. The molecule has 0 saturated carbocycles. The van der Waals surface area contributed by atoms with Crippen molar-refractivity contribution >= 4 is 11.9 Å². The Morgan fingerprint density at radius 3 is 2.67 bits per heavy atom. The van der Waals surface area contributed by atoms with Crippen LogP contribution in [0.15, 0.2) is 30.5 Å². The highest BCUT2D eigenvalue weighted by molar-refractivity contribution is 5.81. The Labute approximate surface area is 176 Å². The van der Waals surface area contributed by atoms with Gasteiger partial charge in [-0.15, -0.1) is 0 Å². The quantitative estimate of drug-likeness (QED) is 0.809. The molecule has 2 atom stereocenters. The Balaban J connectivity index is 1.49. The Morgan fingerprint density at radius 1 is 1.27 bits per heavy atom. The molecule has 30 heavy (non-hydrogen) atoms. The minimum absolute atomic E-state index is 0.0165. The topological polar surface area (TPSA) is 67.3 Å². The first-order chi connectivity index (χ1) is 14.3. The third-order valence-corrected chi connectivity index (χ3v) is 5.87. The normalized spacial score (nSPS) is 21.1. The van der Waals surface area contributed by atoms with Crippen LogP contribution in [0.1, 0.15) is 57.3 Å². The maximum absolute atomic E-state index is 13.1. The Morgan fingerprint density at radius 2 is 1.97 bits per heavy atom. The zero-order valence-corrected chi connectivity index (χ0v) is 17.8. The van der Waals surface area contributed by atoms with Crippen molar-refractivity contribution in [3.63, 3.8) is 0 Å². The van der Waals surface area contributed by atoms with Crippen molar-refractivity contribution in [1.82, 2.24) is 15.3 Å². The zero-order valence-electron chi connectivity index (χ0n) is 17.8. The summed E-state index contributed by atoms with van der Waals surface area (Å²) in [4.78, 5) is 24.5. The molecule has 0 spiro atoms. The maximum Gasteiger partial charge on any atom is 0.261 e. The Bertz CT molecular complexity index is 910. The number of amides is 1. The van der Waals surface area contributed by atoms with Crippen molar-refractivity contribution in [3.8, 4) is 5.75 Å². The third-order valence-electron chi connectivity index (χ3n) is 5.87. The van der Waals surface area contributed by atoms with E-state index in [9.17, 15) is 9.18 Å². The lowest BCUT2D eigenvalue weighted by atomic mass is 9.74. The highest BCUT2D eigenvalue weighted by atomic mass is 19.1. The van der Waals surface area contributed by atoms with E-state index in [0.717, 1.165) is 43.1 Å². The van der Waals surface area contributed by atoms with E-state index in [2.05, 4.69) is 29.0 Å². The van der Waals surface area contributed by atoms with Crippen LogP contribution >= 0.6 is 0 Å². The summed E-state index contributed by atoms with van der Waals surface area (Å²) in [7, 11) is 0. The molecular weight excluding hydrogens is 383 g/mol. The summed E-state index contributed by atoms with van der Waals surface area (Å²) < 4.78 is 18.8. The van der Waals surface area contributed by atoms with E-state index in [1.807, 2.05) is 6.20 Å². The number of fused-ring (bicyclic) bond motifs is 1. The van der Waals surface area contributed by atoms with Gasteiger partial charge in [0.25, 0.3) is 5.91 Å². The average molecular weight is 413 g/mol. The van der Waals surface area contributed by atoms with Crippen LogP contribution in [-0.4, -0.2) is 35.1 Å². The lowest BCUT2D eigenvalue weighted by Gasteiger charge is -2.37. The standard InChI is InChI=1S/C23H29FN4O2/c1-15(30-17-8-6-16(24)7-9-17)21(29)26-19-12-23(2,3)13-20-18(19)14-25-22(27-20)28-10-4-5-11-28/h6-9,14-15,19H,4-5,10-13H2,1-3H3,(H,26,29). The SMILES string of the molecule is CC(Oc1ccc(F)cc1)C(=O)NC1CC(C)(C)Cc2nc(N3CCCC3)ncc21. The first kappa shape index (κ1) is 20.6. The van der Waals surface area contributed by atoms with E-state index < -0.39 is 6.10 Å². The second-order valence-corrected chi connectivity index (χ2v) is 9.09. The highest BCUT2D eigenvalue weighted by Crippen LogP contribution is 2.40. The predicted octanol–water partition coefficient (Wildman–Crippen LogP) is 3.81. The van der Waals surface area contributed by atoms with Gasteiger partial charge in [-0.25, -0.2) is 14.4 Å². The number of nitrogens with one attached hydrogen (secondary N) is 1. The number of carbonyl (C=O) groups is 1. The average Bonchev–Trinajstić information content (AvgIpc) is 3.23. The van der Waals surface area contributed by atoms with E-state index >= 15 is 0 Å². The van der Waals surface area contributed by atoms with Gasteiger partial charge in [-0.2, -0.15) is 0 Å². The number of hydrogen-bond acceptors (Lipinski definition) is 5. The molecule has 1 aromatic heterocycles. The number of halogens is 1. The molecule has 1 fully saturated rings. The van der Waals surface area contributed by atoms with Gasteiger partial charge < -0.3 is 15.0 Å². The van der Waals surface area contributed by atoms with Gasteiger partial charge in [-0.3, -0.25) is 4.79 Å². The molecule has 1 aliphatic carbocycles. The van der Waals surface area contributed by atoms with Gasteiger partial charge in [0.05, 0.1) is 11.7 Å². The van der Waals surface area contributed by atoms with Crippen LogP contribution in [0.2, 0.25) is 0 Å². The van der Waals surface area contributed by atoms with Gasteiger partial charge in [0.15, 0.2) is 6.10 Å². The summed E-state index contributed by atoms with van der Waals surface area (Å²) in [5.41, 5.74) is 2.02. The largest absolute Gasteiger partial charge is 0.481 e. The molecule has 2 heterocycles. The molecule has 0 radical (unpaired) electrons. The van der Waals surface area contributed by atoms with Crippen LogP contribution in [0.5, 0.6) is 5.75 Å². The van der Waals surface area contributed by atoms with Crippen LogP contribution in [-0.2, 0) is 11.2 Å². The number of aromatic nitrogens is 2. The fourth-order valence-corrected chi connectivity index (χ4v) is 4.29. The van der Waals surface area contributed by atoms with Crippen LogP contribution < -0.4 is 15.0 Å². The van der Waals surface area contributed by atoms with Crippen molar-refractivity contribution in [2.24, 2.45) is 5.41 Å². The molecule has 1 aromatic carbocycles. The number of carbonyl (C=O) groups excluding carboxylic acids is 1. The number of ether oxygens (including phenoxy) is 1. The molecule has 4 rings (SSSR count). The lowest BCUT2D eigenvalue weighted by Crippen LogP contribution is -2.42. The van der Waals surface area contributed by atoms with Crippen LogP contribution in [0.4, 0.5) is 10.3 Å². The smallest absolute Gasteiger partial charge is 0.261 e. The molecule has 1 saturated heterocycles. The maximum atomic E-state index is 13.1. The summed E-state index contributed by atoms with van der Waals surface area (Å²) in [6.07, 6.45) is 5.20. The molecule has 1 aliphatic heterocycles. The second-order valence-electron chi connectivity index (χ2n) is 9.09. The van der Waals surface area contributed by atoms with Gasteiger partial charge in [0.1, 0.15) is 11.6 Å². The molecule has 1 amide bonds. The van der Waals surface area contributed by atoms with Crippen molar-refractivity contribution in [2.75, 3.05) is 18.0 Å². The van der Waals surface area contributed by atoms with Crippen LogP contribution in [0, 0.1) is 11.2 Å². The van der Waals surface area contributed by atoms with E-state index in [1.54, 1.807) is 6.92 Å². The summed E-state index contributed by atoms with van der Waals surface area (Å²) >= 11 is 0. The number of anilines is 1. The zero-order chi connectivity index (χ0) is 21.3. The monoisotopic (exact) mass is 412 g/mol. The molecule has 6 nitrogen and oxygen atoms in total. The van der Waals surface area contributed by atoms with Crippen LogP contribution in [0.3, 0.4) is 0 Å². The molecule has 2 aromatic rings. The van der Waals surface area contributed by atoms with Crippen LogP contribution in [0.25, 0.3) is 0 Å². The predicted molar refractivity (Wildman–Crippen MR) is 113 cm³/mol. The van der Waals surface area contributed by atoms with E-state index in [-0.39, 0.29) is 23.2 Å². The molecule has 2 unspecified atom stereocenters. The van der Waals surface area contributed by atoms with E-state index in [0.29, 0.717) is 5.75 Å². The highest BCUT2D eigenvalue weighted by Gasteiger charge is 2.35. The van der Waals surface area contributed by atoms with Gasteiger partial charge in [0.2, 0.25) is 5.95 Å². The fourth-order valence-electron chi connectivity index (χ4n) is 4.29. The Kier molecular flexibility index (Phi) is 5.62. The minimum Gasteiger partial charge on any atom is -0.481 e. The number of nitrogens with zero attached hydrogens (tertiary/aromatic N) is 3. The number of hydrogen-bond donors (Lipinski definition) is 1. The van der Waals surface area contributed by atoms with Gasteiger partial charge >= 0.3 is 0 Å². The molecular formula is C23H29FN4O2. The Hall–Kier alpha value is -2.70. The van der Waals surface area contributed by atoms with Crippen molar-refractivity contribution in [3.05, 3.63) is 47.5 Å². The molecule has 2 aliphatic rings. The first-order valence-corrected chi connectivity index (χ1v) is 10.6. The summed E-state index contributed by atoms with van der Waals surface area (Å²) in [6.45, 7) is 8.10. The minimum atomic E-state index is -0.700. The summed E-state index contributed by atoms with van der Waals surface area (Å²) in [5, 5.41) is 3.12. The van der Waals surface area contributed by atoms with E-state index in [1.165, 1.54) is 37.1 Å². The number of benzene rings is 1. The lowest BCUT2D eigenvalue weighted by molar-refractivity contribution is -0.128. The van der Waals surface area contributed by atoms with Gasteiger partial charge in [-0.05, 0) is 62.3 Å². The van der Waals surface area contributed by atoms with Gasteiger partial charge in [-0.1, -0.05) is 13.8 Å². The molecule has 1 N–H and O–H groups in total. The van der Waals surface area contributed by atoms with Crippen molar-refractivity contribution < 1.29 is 13.9 Å². The number of rotatable bonds is 5. The fraction of sp³-hybridized carbons (Fsp3) is 0.522. The molecule has 7 heteroatoms. The molecule has 160 valence electrons. The van der Waals surface area contributed by atoms with Crippen molar-refractivity contribution in [1.29, 1.82) is 0 Å². The third kappa shape index (κ3) is 4.55. The van der Waals surface area contributed by atoms with Gasteiger partial charge in [0, 0.05) is 24.8 Å². The first-order valence-electron chi connectivity index (χ1n) is 10.6. The van der Waals surface area contributed by atoms with E-state index in [4.69, 9.17) is 9.72 Å². The summed E-state index contributed by atoms with van der Waals surface area (Å²) in [6, 6.07) is 5.50. The summed E-state index contributed by atoms with van der Waals surface area (Å²) in [5.74, 6) is 0.703. The van der Waals surface area contributed by atoms with Crippen molar-refractivity contribution in [2.45, 2.75) is 58.6 Å². The second kappa shape index (κ2) is 8.20.